The Morgan fingerprint density at radius 3 is 2.37 bits per heavy atom. The highest BCUT2D eigenvalue weighted by atomic mass is 32.2. The van der Waals surface area contributed by atoms with Gasteiger partial charge in [0.1, 0.15) is 29.5 Å². The lowest BCUT2D eigenvalue weighted by Gasteiger charge is -2.45. The topological polar surface area (TPSA) is 194 Å². The smallest absolute Gasteiger partial charge is 0.301 e. The number of hydrogen-bond acceptors (Lipinski definition) is 11. The molecule has 0 radical (unpaired) electrons. The molecule has 6 aliphatic rings. The molecule has 5 fully saturated rings. The largest absolute Gasteiger partial charge is 0.371 e. The molecule has 348 valence electrons. The van der Waals surface area contributed by atoms with Gasteiger partial charge in [0.15, 0.2) is 5.82 Å². The summed E-state index contributed by atoms with van der Waals surface area (Å²) in [6.07, 6.45) is 9.71. The predicted molar refractivity (Wildman–Crippen MR) is 239 cm³/mol. The number of halogens is 3. The number of carbonyl (C=O) groups is 4. The van der Waals surface area contributed by atoms with Crippen LogP contribution in [0.2, 0.25) is 0 Å². The van der Waals surface area contributed by atoms with Gasteiger partial charge in [0.25, 0.3) is 5.91 Å². The Kier molecular flexibility index (Phi) is 10.7. The number of anilines is 2. The number of piperidine rings is 2. The standard InChI is InChI=1S/C47H47F3N10O6S/c48-31-9-14-59(25-31)67(65,66)56-37-4-3-36(49)40(41(37)50)42(62)35-20-52-43-34(35)16-27(17-51-43)29-18-53-46(54-19-29)47(10-11-47)30-7-12-57(13-8-30)21-26-22-58(23-26)32-1-2-33-28(15-32)24-60(45(33)64)38-5-6-39(61)55-44(38)63/h1-4,15-20,26,30-31,38,56H,5-14,21-25H2,(H,51,52)(H,55,61,63)/t31-,38?/m1/s1. The lowest BCUT2D eigenvalue weighted by molar-refractivity contribution is -0.136. The molecule has 1 saturated carbocycles. The summed E-state index contributed by atoms with van der Waals surface area (Å²) < 4.78 is 73.2. The lowest BCUT2D eigenvalue weighted by atomic mass is 9.80. The monoisotopic (exact) mass is 936 g/mol. The summed E-state index contributed by atoms with van der Waals surface area (Å²) in [5.41, 5.74) is 2.39. The number of amides is 3. The first-order chi connectivity index (χ1) is 32.2. The van der Waals surface area contributed by atoms with Crippen LogP contribution in [0.5, 0.6) is 0 Å². The zero-order valence-electron chi connectivity index (χ0n) is 36.3. The third kappa shape index (κ3) is 7.81. The Labute approximate surface area is 383 Å². The fourth-order valence-corrected chi connectivity index (χ4v) is 12.1. The minimum Gasteiger partial charge on any atom is -0.371 e. The fourth-order valence-electron chi connectivity index (χ4n) is 10.8. The minimum atomic E-state index is -4.37. The van der Waals surface area contributed by atoms with Crippen LogP contribution in [0, 0.1) is 23.5 Å². The highest BCUT2D eigenvalue weighted by molar-refractivity contribution is 7.90. The van der Waals surface area contributed by atoms with Crippen LogP contribution in [0.25, 0.3) is 22.2 Å². The summed E-state index contributed by atoms with van der Waals surface area (Å²) in [5, 5.41) is 2.65. The maximum Gasteiger partial charge on any atom is 0.301 e. The number of fused-ring (bicyclic) bond motifs is 2. The van der Waals surface area contributed by atoms with E-state index in [9.17, 15) is 32.0 Å². The number of imide groups is 1. The first-order valence-electron chi connectivity index (χ1n) is 22.7. The quantitative estimate of drug-likeness (QED) is 0.114. The number of pyridine rings is 1. The maximum absolute atomic E-state index is 15.8. The third-order valence-electron chi connectivity index (χ3n) is 14.7. The second-order valence-electron chi connectivity index (χ2n) is 18.8. The number of carbonyl (C=O) groups excluding carboxylic acids is 4. The Morgan fingerprint density at radius 1 is 0.896 bits per heavy atom. The molecule has 5 aliphatic heterocycles. The summed E-state index contributed by atoms with van der Waals surface area (Å²) in [4.78, 5) is 74.5. The van der Waals surface area contributed by atoms with Gasteiger partial charge in [-0.3, -0.25) is 29.2 Å². The molecule has 4 saturated heterocycles. The van der Waals surface area contributed by atoms with Gasteiger partial charge in [0.2, 0.25) is 17.6 Å². The van der Waals surface area contributed by atoms with Crippen LogP contribution in [0.1, 0.15) is 82.6 Å². The fraction of sp³-hybridized carbons (Fsp3) is 0.426. The Hall–Kier alpha value is -6.25. The summed E-state index contributed by atoms with van der Waals surface area (Å²) in [7, 11) is -4.37. The predicted octanol–water partition coefficient (Wildman–Crippen LogP) is 4.87. The Morgan fingerprint density at radius 2 is 1.66 bits per heavy atom. The van der Waals surface area contributed by atoms with E-state index in [1.165, 1.54) is 6.20 Å². The number of ketones is 1. The van der Waals surface area contributed by atoms with Crippen molar-refractivity contribution < 1.29 is 40.8 Å². The van der Waals surface area contributed by atoms with E-state index in [-0.39, 0.29) is 42.2 Å². The van der Waals surface area contributed by atoms with E-state index in [1.807, 2.05) is 16.9 Å². The van der Waals surface area contributed by atoms with Crippen molar-refractivity contribution in [3.8, 4) is 11.1 Å². The molecule has 1 aliphatic carbocycles. The molecule has 0 spiro atoms. The maximum atomic E-state index is 15.8. The van der Waals surface area contributed by atoms with Crippen molar-refractivity contribution in [3.05, 3.63) is 101 Å². The van der Waals surface area contributed by atoms with Gasteiger partial charge in [-0.25, -0.2) is 28.1 Å². The van der Waals surface area contributed by atoms with Gasteiger partial charge in [0, 0.05) is 115 Å². The number of benzene rings is 2. The van der Waals surface area contributed by atoms with Crippen LogP contribution < -0.4 is 14.9 Å². The van der Waals surface area contributed by atoms with Gasteiger partial charge in [-0.05, 0) is 99.5 Å². The summed E-state index contributed by atoms with van der Waals surface area (Å²) in [5.74, 6) is -2.69. The zero-order chi connectivity index (χ0) is 46.4. The van der Waals surface area contributed by atoms with Crippen molar-refractivity contribution in [2.45, 2.75) is 69.1 Å². The van der Waals surface area contributed by atoms with Gasteiger partial charge in [-0.1, -0.05) is 0 Å². The Balaban J connectivity index is 0.701. The molecule has 16 nitrogen and oxygen atoms in total. The molecular weight excluding hydrogens is 890 g/mol. The van der Waals surface area contributed by atoms with Crippen molar-refractivity contribution in [3.63, 3.8) is 0 Å². The van der Waals surface area contributed by atoms with E-state index in [0.717, 1.165) is 91.9 Å². The highest BCUT2D eigenvalue weighted by Gasteiger charge is 2.53. The second kappa shape index (κ2) is 16.5. The average Bonchev–Trinajstić information content (AvgIpc) is 3.62. The van der Waals surface area contributed by atoms with Gasteiger partial charge in [-0.15, -0.1) is 0 Å². The molecule has 11 rings (SSSR count). The van der Waals surface area contributed by atoms with Crippen molar-refractivity contribution in [1.82, 2.24) is 39.4 Å². The molecule has 3 amide bonds. The van der Waals surface area contributed by atoms with E-state index < -0.39 is 63.5 Å². The first kappa shape index (κ1) is 43.3. The lowest BCUT2D eigenvalue weighted by Crippen LogP contribution is -2.53. The number of hydrogen-bond donors (Lipinski definition) is 3. The van der Waals surface area contributed by atoms with Crippen LogP contribution in [-0.4, -0.2) is 124 Å². The van der Waals surface area contributed by atoms with E-state index in [0.29, 0.717) is 52.5 Å². The van der Waals surface area contributed by atoms with Gasteiger partial charge >= 0.3 is 10.2 Å². The average molecular weight is 937 g/mol. The summed E-state index contributed by atoms with van der Waals surface area (Å²) >= 11 is 0. The minimum absolute atomic E-state index is 0.00153. The molecule has 0 bridgehead atoms. The van der Waals surface area contributed by atoms with Crippen molar-refractivity contribution in [2.24, 2.45) is 11.8 Å². The number of H-pyrrole nitrogens is 1. The van der Waals surface area contributed by atoms with Crippen LogP contribution in [0.4, 0.5) is 24.5 Å². The normalized spacial score (nSPS) is 22.6. The number of rotatable bonds is 12. The molecule has 2 atom stereocenters. The number of aromatic nitrogens is 4. The molecule has 1 unspecified atom stereocenters. The number of aromatic amines is 1. The van der Waals surface area contributed by atoms with Crippen LogP contribution in [0.15, 0.2) is 61.2 Å². The van der Waals surface area contributed by atoms with E-state index in [4.69, 9.17) is 9.97 Å². The van der Waals surface area contributed by atoms with Crippen molar-refractivity contribution in [1.29, 1.82) is 0 Å². The molecule has 8 heterocycles. The molecule has 67 heavy (non-hydrogen) atoms. The Bertz CT molecular complexity index is 2970. The number of nitrogens with one attached hydrogen (secondary N) is 3. The molecule has 2 aromatic carbocycles. The van der Waals surface area contributed by atoms with E-state index >= 15 is 8.78 Å². The van der Waals surface area contributed by atoms with Crippen molar-refractivity contribution in [2.75, 3.05) is 55.4 Å². The first-order valence-corrected chi connectivity index (χ1v) is 24.2. The van der Waals surface area contributed by atoms with E-state index in [2.05, 4.69) is 31.2 Å². The van der Waals surface area contributed by atoms with Crippen LogP contribution in [-0.2, 0) is 31.8 Å². The van der Waals surface area contributed by atoms with Crippen LogP contribution in [0.3, 0.4) is 0 Å². The van der Waals surface area contributed by atoms with Crippen molar-refractivity contribution >= 4 is 56.1 Å². The number of likely N-dealkylation sites (tertiary alicyclic amines) is 1. The molecule has 3 N–H and O–H groups in total. The second-order valence-corrected chi connectivity index (χ2v) is 20.5. The molecular formula is C47H47F3N10O6S. The van der Waals surface area contributed by atoms with Gasteiger partial charge < -0.3 is 19.7 Å². The van der Waals surface area contributed by atoms with Gasteiger partial charge in [0.05, 0.1) is 11.3 Å². The summed E-state index contributed by atoms with van der Waals surface area (Å²) in [6, 6.07) is 8.64. The number of alkyl halides is 1. The third-order valence-corrected chi connectivity index (χ3v) is 16.2. The van der Waals surface area contributed by atoms with Gasteiger partial charge in [-0.2, -0.15) is 12.7 Å². The molecule has 3 aromatic heterocycles. The zero-order valence-corrected chi connectivity index (χ0v) is 37.1. The highest BCUT2D eigenvalue weighted by Crippen LogP contribution is 2.55. The molecule has 5 aromatic rings. The SMILES string of the molecule is O=C1CCC(N2Cc3cc(N4CC(CN5CCC(C6(c7ncc(-c8cnc9[nH]cc(C(=O)c%10c(F)ccc(NS(=O)(=O)N%11CC[C@@H](F)C%11)c%10F)c9c8)cn7)CC6)CC5)C4)ccc3C2=O)C(=O)N1. The van der Waals surface area contributed by atoms with E-state index in [1.54, 1.807) is 29.6 Å². The van der Waals surface area contributed by atoms with Crippen LogP contribution >= 0.6 is 0 Å². The summed E-state index contributed by atoms with van der Waals surface area (Å²) in [6.45, 7) is 4.73. The molecule has 20 heteroatoms. The number of nitrogens with zero attached hydrogens (tertiary/aromatic N) is 7.